The van der Waals surface area contributed by atoms with Gasteiger partial charge in [-0.05, 0) is 35.4 Å². The van der Waals surface area contributed by atoms with Crippen molar-refractivity contribution >= 4 is 11.7 Å². The molecule has 0 fully saturated rings. The fourth-order valence-electron chi connectivity index (χ4n) is 2.99. The summed E-state index contributed by atoms with van der Waals surface area (Å²) in [4.78, 5) is 18.8. The van der Waals surface area contributed by atoms with Crippen molar-refractivity contribution in [3.63, 3.8) is 0 Å². The largest absolute Gasteiger partial charge is 0.493 e. The molecule has 150 valence electrons. The van der Waals surface area contributed by atoms with Gasteiger partial charge in [0.15, 0.2) is 11.5 Å². The maximum absolute atomic E-state index is 12.8. The lowest BCUT2D eigenvalue weighted by Gasteiger charge is -2.18. The molecular formula is C23H25N3O3. The minimum Gasteiger partial charge on any atom is -0.493 e. The van der Waals surface area contributed by atoms with Gasteiger partial charge in [-0.1, -0.05) is 36.4 Å². The van der Waals surface area contributed by atoms with Crippen LogP contribution in [0.1, 0.15) is 21.5 Å². The first-order valence-electron chi connectivity index (χ1n) is 9.31. The summed E-state index contributed by atoms with van der Waals surface area (Å²) in [6.07, 6.45) is 1.64. The van der Waals surface area contributed by atoms with Crippen molar-refractivity contribution in [2.45, 2.75) is 13.1 Å². The van der Waals surface area contributed by atoms with E-state index in [1.54, 1.807) is 44.5 Å². The molecule has 6 heteroatoms. The molecule has 1 amide bonds. The standard InChI is InChI=1S/C23H25N3O3/c1-26(16-17-7-5-4-6-8-17)23(27)19-11-12-24-22(14-19)25-15-18-9-10-20(28-2)21(13-18)29-3/h4-14H,15-16H2,1-3H3,(H,24,25). The summed E-state index contributed by atoms with van der Waals surface area (Å²) in [5.41, 5.74) is 2.69. The van der Waals surface area contributed by atoms with Crippen LogP contribution in [0.4, 0.5) is 5.82 Å². The van der Waals surface area contributed by atoms with E-state index >= 15 is 0 Å². The minimum absolute atomic E-state index is 0.0505. The molecule has 0 saturated carbocycles. The highest BCUT2D eigenvalue weighted by molar-refractivity contribution is 5.94. The van der Waals surface area contributed by atoms with Crippen molar-refractivity contribution < 1.29 is 14.3 Å². The van der Waals surface area contributed by atoms with E-state index < -0.39 is 0 Å². The molecule has 0 aliphatic heterocycles. The van der Waals surface area contributed by atoms with Gasteiger partial charge in [0.2, 0.25) is 0 Å². The summed E-state index contributed by atoms with van der Waals surface area (Å²) >= 11 is 0. The number of nitrogens with zero attached hydrogens (tertiary/aromatic N) is 2. The molecule has 2 aromatic carbocycles. The Morgan fingerprint density at radius 1 is 0.966 bits per heavy atom. The lowest BCUT2D eigenvalue weighted by molar-refractivity contribution is 0.0785. The summed E-state index contributed by atoms with van der Waals surface area (Å²) in [5, 5.41) is 3.26. The van der Waals surface area contributed by atoms with Crippen LogP contribution in [0.25, 0.3) is 0 Å². The van der Waals surface area contributed by atoms with Gasteiger partial charge in [0, 0.05) is 31.9 Å². The van der Waals surface area contributed by atoms with Gasteiger partial charge < -0.3 is 19.7 Å². The zero-order chi connectivity index (χ0) is 20.6. The summed E-state index contributed by atoms with van der Waals surface area (Å²) < 4.78 is 10.6. The SMILES string of the molecule is COc1ccc(CNc2cc(C(=O)N(C)Cc3ccccc3)ccn2)cc1OC. The summed E-state index contributed by atoms with van der Waals surface area (Å²) in [6.45, 7) is 1.10. The molecule has 0 unspecified atom stereocenters. The zero-order valence-corrected chi connectivity index (χ0v) is 16.9. The highest BCUT2D eigenvalue weighted by atomic mass is 16.5. The van der Waals surface area contributed by atoms with E-state index in [0.29, 0.717) is 36.0 Å². The van der Waals surface area contributed by atoms with Gasteiger partial charge in [-0.3, -0.25) is 4.79 Å². The molecule has 0 radical (unpaired) electrons. The maximum Gasteiger partial charge on any atom is 0.254 e. The van der Waals surface area contributed by atoms with Crippen LogP contribution in [0.5, 0.6) is 11.5 Å². The number of nitrogens with one attached hydrogen (secondary N) is 1. The molecule has 3 aromatic rings. The van der Waals surface area contributed by atoms with Gasteiger partial charge in [0.25, 0.3) is 5.91 Å². The molecule has 1 N–H and O–H groups in total. The summed E-state index contributed by atoms with van der Waals surface area (Å²) in [5.74, 6) is 1.94. The third-order valence-corrected chi connectivity index (χ3v) is 4.54. The molecule has 0 aliphatic carbocycles. The maximum atomic E-state index is 12.8. The topological polar surface area (TPSA) is 63.7 Å². The first kappa shape index (κ1) is 20.2. The molecule has 29 heavy (non-hydrogen) atoms. The number of pyridine rings is 1. The van der Waals surface area contributed by atoms with Gasteiger partial charge >= 0.3 is 0 Å². The number of aromatic nitrogens is 1. The molecular weight excluding hydrogens is 366 g/mol. The number of benzene rings is 2. The summed E-state index contributed by atoms with van der Waals surface area (Å²) in [7, 11) is 5.02. The molecule has 0 bridgehead atoms. The van der Waals surface area contributed by atoms with E-state index in [9.17, 15) is 4.79 Å². The predicted molar refractivity (Wildman–Crippen MR) is 113 cm³/mol. The highest BCUT2D eigenvalue weighted by Crippen LogP contribution is 2.27. The highest BCUT2D eigenvalue weighted by Gasteiger charge is 2.13. The van der Waals surface area contributed by atoms with E-state index in [1.165, 1.54) is 0 Å². The normalized spacial score (nSPS) is 10.3. The molecule has 3 rings (SSSR count). The number of rotatable bonds is 8. The Labute approximate surface area is 171 Å². The first-order valence-corrected chi connectivity index (χ1v) is 9.31. The number of ether oxygens (including phenoxy) is 2. The molecule has 1 heterocycles. The van der Waals surface area contributed by atoms with Crippen LogP contribution >= 0.6 is 0 Å². The number of hydrogen-bond donors (Lipinski definition) is 1. The van der Waals surface area contributed by atoms with Crippen molar-refractivity contribution in [3.8, 4) is 11.5 Å². The number of hydrogen-bond acceptors (Lipinski definition) is 5. The van der Waals surface area contributed by atoms with Crippen LogP contribution in [-0.4, -0.2) is 37.1 Å². The van der Waals surface area contributed by atoms with E-state index in [2.05, 4.69) is 10.3 Å². The Bertz CT molecular complexity index is 961. The van der Waals surface area contributed by atoms with Gasteiger partial charge in [0.1, 0.15) is 5.82 Å². The van der Waals surface area contributed by atoms with E-state index in [0.717, 1.165) is 11.1 Å². The first-order chi connectivity index (χ1) is 14.1. The van der Waals surface area contributed by atoms with Crippen LogP contribution in [0.3, 0.4) is 0 Å². The number of carbonyl (C=O) groups excluding carboxylic acids is 1. The average molecular weight is 391 g/mol. The Kier molecular flexibility index (Phi) is 6.68. The fourth-order valence-corrected chi connectivity index (χ4v) is 2.99. The Morgan fingerprint density at radius 2 is 1.72 bits per heavy atom. The van der Waals surface area contributed by atoms with Crippen molar-refractivity contribution in [3.05, 3.63) is 83.6 Å². The Morgan fingerprint density at radius 3 is 2.45 bits per heavy atom. The van der Waals surface area contributed by atoms with Crippen LogP contribution in [0.15, 0.2) is 66.9 Å². The lowest BCUT2D eigenvalue weighted by atomic mass is 10.2. The molecule has 1 aromatic heterocycles. The van der Waals surface area contributed by atoms with Crippen LogP contribution in [-0.2, 0) is 13.1 Å². The molecule has 0 spiro atoms. The Hall–Kier alpha value is -3.54. The second-order valence-corrected chi connectivity index (χ2v) is 6.62. The molecule has 0 atom stereocenters. The fraction of sp³-hybridized carbons (Fsp3) is 0.217. The molecule has 6 nitrogen and oxygen atoms in total. The van der Waals surface area contributed by atoms with E-state index in [-0.39, 0.29) is 5.91 Å². The van der Waals surface area contributed by atoms with E-state index in [4.69, 9.17) is 9.47 Å². The third kappa shape index (κ3) is 5.25. The summed E-state index contributed by atoms with van der Waals surface area (Å²) in [6, 6.07) is 19.1. The monoisotopic (exact) mass is 391 g/mol. The molecule has 0 aliphatic rings. The quantitative estimate of drug-likeness (QED) is 0.629. The lowest BCUT2D eigenvalue weighted by Crippen LogP contribution is -2.26. The smallest absolute Gasteiger partial charge is 0.254 e. The number of amides is 1. The zero-order valence-electron chi connectivity index (χ0n) is 16.9. The van der Waals surface area contributed by atoms with Gasteiger partial charge in [-0.2, -0.15) is 0 Å². The second kappa shape index (κ2) is 9.59. The van der Waals surface area contributed by atoms with Crippen LogP contribution < -0.4 is 14.8 Å². The van der Waals surface area contributed by atoms with Crippen LogP contribution in [0, 0.1) is 0 Å². The van der Waals surface area contributed by atoms with Crippen molar-refractivity contribution in [2.24, 2.45) is 0 Å². The predicted octanol–water partition coefficient (Wildman–Crippen LogP) is 3.98. The third-order valence-electron chi connectivity index (χ3n) is 4.54. The number of methoxy groups -OCH3 is 2. The van der Waals surface area contributed by atoms with Gasteiger partial charge in [-0.25, -0.2) is 4.98 Å². The van der Waals surface area contributed by atoms with Crippen molar-refractivity contribution in [1.82, 2.24) is 9.88 Å². The van der Waals surface area contributed by atoms with E-state index in [1.807, 2.05) is 48.5 Å². The van der Waals surface area contributed by atoms with Gasteiger partial charge in [-0.15, -0.1) is 0 Å². The average Bonchev–Trinajstić information content (AvgIpc) is 2.77. The van der Waals surface area contributed by atoms with Crippen molar-refractivity contribution in [1.29, 1.82) is 0 Å². The Balaban J connectivity index is 1.65. The van der Waals surface area contributed by atoms with Gasteiger partial charge in [0.05, 0.1) is 14.2 Å². The number of anilines is 1. The molecule has 0 saturated heterocycles. The van der Waals surface area contributed by atoms with Crippen LogP contribution in [0.2, 0.25) is 0 Å². The number of carbonyl (C=O) groups is 1. The minimum atomic E-state index is -0.0505. The van der Waals surface area contributed by atoms with Crippen molar-refractivity contribution in [2.75, 3.05) is 26.6 Å². The second-order valence-electron chi connectivity index (χ2n) is 6.62.